The molecule has 0 fully saturated rings. The Morgan fingerprint density at radius 1 is 1.11 bits per heavy atom. The van der Waals surface area contributed by atoms with Crippen LogP contribution in [0.2, 0.25) is 0 Å². The van der Waals surface area contributed by atoms with Gasteiger partial charge in [-0.15, -0.1) is 0 Å². The molecule has 0 aliphatic rings. The lowest BCUT2D eigenvalue weighted by atomic mass is 10.2. The maximum atomic E-state index is 5.38. The Hall–Kier alpha value is -1.59. The summed E-state index contributed by atoms with van der Waals surface area (Å²) in [4.78, 5) is 15.0. The van der Waals surface area contributed by atoms with E-state index in [1.165, 1.54) is 12.8 Å². The first kappa shape index (κ1) is 15.5. The van der Waals surface area contributed by atoms with Crippen LogP contribution in [-0.4, -0.2) is 41.7 Å². The molecule has 0 saturated heterocycles. The molecule has 0 bridgehead atoms. The van der Waals surface area contributed by atoms with Crippen LogP contribution in [0.15, 0.2) is 0 Å². The number of anilines is 2. The minimum Gasteiger partial charge on any atom is -0.464 e. The van der Waals surface area contributed by atoms with Crippen LogP contribution in [-0.2, 0) is 0 Å². The molecule has 0 atom stereocenters. The zero-order valence-electron chi connectivity index (χ0n) is 12.4. The number of ether oxygens (including phenoxy) is 1. The van der Waals surface area contributed by atoms with Crippen molar-refractivity contribution in [3.8, 4) is 6.01 Å². The number of hydrogen-bond donors (Lipinski definition) is 1. The third kappa shape index (κ3) is 5.28. The lowest BCUT2D eigenvalue weighted by Crippen LogP contribution is -2.22. The molecule has 0 unspecified atom stereocenters. The molecule has 108 valence electrons. The maximum absolute atomic E-state index is 5.38. The number of unbranched alkanes of at least 4 members (excludes halogenated alkanes) is 2. The van der Waals surface area contributed by atoms with Crippen LogP contribution >= 0.6 is 0 Å². The van der Waals surface area contributed by atoms with Gasteiger partial charge in [0.2, 0.25) is 11.9 Å². The van der Waals surface area contributed by atoms with E-state index in [1.807, 2.05) is 25.8 Å². The smallest absolute Gasteiger partial charge is 0.323 e. The van der Waals surface area contributed by atoms with Gasteiger partial charge in [0.05, 0.1) is 6.61 Å². The van der Waals surface area contributed by atoms with E-state index in [2.05, 4.69) is 27.2 Å². The van der Waals surface area contributed by atoms with Crippen molar-refractivity contribution in [1.29, 1.82) is 0 Å². The second-order valence-corrected chi connectivity index (χ2v) is 4.33. The molecule has 6 nitrogen and oxygen atoms in total. The molecule has 19 heavy (non-hydrogen) atoms. The van der Waals surface area contributed by atoms with Gasteiger partial charge in [-0.1, -0.05) is 19.8 Å². The van der Waals surface area contributed by atoms with Gasteiger partial charge in [0.1, 0.15) is 0 Å². The number of nitrogens with one attached hydrogen (secondary N) is 1. The second kappa shape index (κ2) is 8.50. The zero-order chi connectivity index (χ0) is 14.1. The fourth-order valence-electron chi connectivity index (χ4n) is 1.65. The highest BCUT2D eigenvalue weighted by Crippen LogP contribution is 2.14. The van der Waals surface area contributed by atoms with E-state index in [0.29, 0.717) is 24.5 Å². The summed E-state index contributed by atoms with van der Waals surface area (Å²) >= 11 is 0. The van der Waals surface area contributed by atoms with Gasteiger partial charge in [0.25, 0.3) is 0 Å². The molecule has 0 aliphatic carbocycles. The van der Waals surface area contributed by atoms with Crippen LogP contribution in [0.25, 0.3) is 0 Å². The van der Waals surface area contributed by atoms with Crippen molar-refractivity contribution in [3.05, 3.63) is 0 Å². The van der Waals surface area contributed by atoms with Gasteiger partial charge < -0.3 is 15.0 Å². The van der Waals surface area contributed by atoms with Gasteiger partial charge >= 0.3 is 6.01 Å². The first-order valence-corrected chi connectivity index (χ1v) is 7.05. The highest BCUT2D eigenvalue weighted by Gasteiger charge is 2.10. The minimum absolute atomic E-state index is 0.380. The van der Waals surface area contributed by atoms with Crippen LogP contribution in [0.3, 0.4) is 0 Å². The van der Waals surface area contributed by atoms with Crippen LogP contribution in [0.1, 0.15) is 40.0 Å². The molecule has 0 spiro atoms. The average Bonchev–Trinajstić information content (AvgIpc) is 2.39. The van der Waals surface area contributed by atoms with Crippen molar-refractivity contribution in [2.45, 2.75) is 40.0 Å². The monoisotopic (exact) mass is 267 g/mol. The number of hydrogen-bond acceptors (Lipinski definition) is 6. The fourth-order valence-corrected chi connectivity index (χ4v) is 1.65. The Morgan fingerprint density at radius 3 is 2.53 bits per heavy atom. The molecule has 0 aliphatic heterocycles. The lowest BCUT2D eigenvalue weighted by Gasteiger charge is -2.18. The van der Waals surface area contributed by atoms with E-state index < -0.39 is 0 Å². The van der Waals surface area contributed by atoms with Gasteiger partial charge in [0, 0.05) is 20.1 Å². The van der Waals surface area contributed by atoms with Crippen molar-refractivity contribution in [2.24, 2.45) is 0 Å². The molecule has 0 aromatic carbocycles. The number of aromatic nitrogens is 3. The van der Waals surface area contributed by atoms with Gasteiger partial charge in [-0.2, -0.15) is 15.0 Å². The topological polar surface area (TPSA) is 63.2 Å². The lowest BCUT2D eigenvalue weighted by molar-refractivity contribution is 0.312. The van der Waals surface area contributed by atoms with E-state index in [0.717, 1.165) is 19.5 Å². The summed E-state index contributed by atoms with van der Waals surface area (Å²) in [6.07, 6.45) is 3.56. The molecular formula is C13H25N5O. The van der Waals surface area contributed by atoms with Gasteiger partial charge in [-0.25, -0.2) is 0 Å². The molecule has 1 N–H and O–H groups in total. The highest BCUT2D eigenvalue weighted by molar-refractivity contribution is 5.37. The Kier molecular flexibility index (Phi) is 6.92. The first-order valence-electron chi connectivity index (χ1n) is 7.05. The van der Waals surface area contributed by atoms with Crippen LogP contribution in [0, 0.1) is 0 Å². The first-order chi connectivity index (χ1) is 9.21. The van der Waals surface area contributed by atoms with E-state index in [4.69, 9.17) is 4.74 Å². The standard InChI is InChI=1S/C13H25N5O/c1-5-8-9-10-18(4)12-15-11(14-6-2)16-13(17-12)19-7-3/h5-10H2,1-4H3,(H,14,15,16,17). The van der Waals surface area contributed by atoms with Crippen LogP contribution in [0.4, 0.5) is 11.9 Å². The summed E-state index contributed by atoms with van der Waals surface area (Å²) in [6.45, 7) is 8.38. The predicted octanol–water partition coefficient (Wildman–Crippen LogP) is 2.33. The van der Waals surface area contributed by atoms with E-state index >= 15 is 0 Å². The molecular weight excluding hydrogens is 242 g/mol. The molecule has 0 saturated carbocycles. The van der Waals surface area contributed by atoms with Crippen molar-refractivity contribution >= 4 is 11.9 Å². The second-order valence-electron chi connectivity index (χ2n) is 4.33. The van der Waals surface area contributed by atoms with E-state index in [1.54, 1.807) is 0 Å². The van der Waals surface area contributed by atoms with Gasteiger partial charge in [-0.05, 0) is 20.3 Å². The molecule has 1 aromatic heterocycles. The number of rotatable bonds is 9. The number of nitrogens with zero attached hydrogens (tertiary/aromatic N) is 4. The highest BCUT2D eigenvalue weighted by atomic mass is 16.5. The summed E-state index contributed by atoms with van der Waals surface area (Å²) in [7, 11) is 2.00. The SMILES string of the molecule is CCCCCN(C)c1nc(NCC)nc(OCC)n1. The zero-order valence-corrected chi connectivity index (χ0v) is 12.4. The van der Waals surface area contributed by atoms with Crippen molar-refractivity contribution in [3.63, 3.8) is 0 Å². The molecule has 0 radical (unpaired) electrons. The molecule has 6 heteroatoms. The minimum atomic E-state index is 0.380. The molecule has 1 heterocycles. The Morgan fingerprint density at radius 2 is 1.89 bits per heavy atom. The third-order valence-corrected chi connectivity index (χ3v) is 2.65. The summed E-state index contributed by atoms with van der Waals surface area (Å²) in [5, 5.41) is 3.10. The molecule has 1 rings (SSSR count). The maximum Gasteiger partial charge on any atom is 0.323 e. The molecule has 1 aromatic rings. The largest absolute Gasteiger partial charge is 0.464 e. The normalized spacial score (nSPS) is 10.3. The van der Waals surface area contributed by atoms with Crippen LogP contribution in [0.5, 0.6) is 6.01 Å². The average molecular weight is 267 g/mol. The molecule has 0 amide bonds. The van der Waals surface area contributed by atoms with Crippen molar-refractivity contribution in [2.75, 3.05) is 37.0 Å². The van der Waals surface area contributed by atoms with Gasteiger partial charge in [-0.3, -0.25) is 0 Å². The van der Waals surface area contributed by atoms with E-state index in [-0.39, 0.29) is 0 Å². The summed E-state index contributed by atoms with van der Waals surface area (Å²) in [5.74, 6) is 1.23. The van der Waals surface area contributed by atoms with Gasteiger partial charge in [0.15, 0.2) is 0 Å². The van der Waals surface area contributed by atoms with Crippen molar-refractivity contribution in [1.82, 2.24) is 15.0 Å². The van der Waals surface area contributed by atoms with Crippen LogP contribution < -0.4 is 15.0 Å². The quantitative estimate of drug-likeness (QED) is 0.693. The summed E-state index contributed by atoms with van der Waals surface area (Å²) in [6, 6.07) is 0.380. The Bertz CT molecular complexity index is 348. The third-order valence-electron chi connectivity index (χ3n) is 2.65. The van der Waals surface area contributed by atoms with E-state index in [9.17, 15) is 0 Å². The predicted molar refractivity (Wildman–Crippen MR) is 78.0 cm³/mol. The van der Waals surface area contributed by atoms with Crippen molar-refractivity contribution < 1.29 is 4.74 Å². The Labute approximate surface area is 115 Å². The summed E-state index contributed by atoms with van der Waals surface area (Å²) in [5.41, 5.74) is 0. The Balaban J connectivity index is 2.78. The fraction of sp³-hybridized carbons (Fsp3) is 0.769. The summed E-state index contributed by atoms with van der Waals surface area (Å²) < 4.78 is 5.38.